The third-order valence-corrected chi connectivity index (χ3v) is 5.41. The molecule has 0 aliphatic carbocycles. The SMILES string of the molecule is C#CCOc1ccc(C=Nn2c(-c3cccc(C(F)(F)F)c3)nc3ccccc3c2=O)cc1Br. The van der Waals surface area contributed by atoms with Crippen LogP contribution in [0.1, 0.15) is 11.1 Å². The van der Waals surface area contributed by atoms with E-state index in [9.17, 15) is 18.0 Å². The van der Waals surface area contributed by atoms with Gasteiger partial charge in [0, 0.05) is 5.56 Å². The molecular formula is C25H15BrF3N3O2. The summed E-state index contributed by atoms with van der Waals surface area (Å²) in [5.74, 6) is 2.89. The molecule has 0 saturated heterocycles. The zero-order valence-corrected chi connectivity index (χ0v) is 19.0. The fourth-order valence-corrected chi connectivity index (χ4v) is 3.72. The largest absolute Gasteiger partial charge is 0.480 e. The molecule has 3 aromatic carbocycles. The number of rotatable bonds is 5. The van der Waals surface area contributed by atoms with Crippen LogP contribution in [0.3, 0.4) is 0 Å². The monoisotopic (exact) mass is 525 g/mol. The van der Waals surface area contributed by atoms with Crippen molar-refractivity contribution in [3.8, 4) is 29.5 Å². The Bertz CT molecular complexity index is 1500. The Labute approximate surface area is 200 Å². The zero-order chi connectivity index (χ0) is 24.3. The van der Waals surface area contributed by atoms with E-state index >= 15 is 0 Å². The molecule has 0 spiro atoms. The number of aromatic nitrogens is 2. The quantitative estimate of drug-likeness (QED) is 0.246. The normalized spacial score (nSPS) is 11.6. The maximum Gasteiger partial charge on any atom is 0.416 e. The first-order chi connectivity index (χ1) is 16.3. The highest BCUT2D eigenvalue weighted by molar-refractivity contribution is 9.10. The summed E-state index contributed by atoms with van der Waals surface area (Å²) in [6.45, 7) is 0.102. The van der Waals surface area contributed by atoms with Crippen LogP contribution in [-0.4, -0.2) is 22.5 Å². The standard InChI is InChI=1S/C25H15BrF3N3O2/c1-2-12-34-22-11-10-16(13-20(22)26)15-30-32-23(17-6-5-7-18(14-17)25(27,28)29)31-21-9-4-3-8-19(21)24(32)33/h1,3-11,13-15H,12H2. The number of terminal acetylenes is 1. The summed E-state index contributed by atoms with van der Waals surface area (Å²) < 4.78 is 46.9. The fourth-order valence-electron chi connectivity index (χ4n) is 3.21. The molecule has 0 unspecified atom stereocenters. The molecule has 0 radical (unpaired) electrons. The number of ether oxygens (including phenoxy) is 1. The molecule has 34 heavy (non-hydrogen) atoms. The third-order valence-electron chi connectivity index (χ3n) is 4.79. The first-order valence-corrected chi connectivity index (χ1v) is 10.7. The number of para-hydroxylation sites is 1. The lowest BCUT2D eigenvalue weighted by Gasteiger charge is -2.12. The van der Waals surface area contributed by atoms with Gasteiger partial charge in [0.15, 0.2) is 5.82 Å². The van der Waals surface area contributed by atoms with Gasteiger partial charge in [0.1, 0.15) is 12.4 Å². The van der Waals surface area contributed by atoms with Crippen LogP contribution in [-0.2, 0) is 6.18 Å². The van der Waals surface area contributed by atoms with Crippen LogP contribution in [0.15, 0.2) is 81.1 Å². The van der Waals surface area contributed by atoms with Gasteiger partial charge in [-0.1, -0.05) is 30.2 Å². The summed E-state index contributed by atoms with van der Waals surface area (Å²) in [4.78, 5) is 17.6. The Morgan fingerprint density at radius 3 is 2.65 bits per heavy atom. The van der Waals surface area contributed by atoms with E-state index in [1.807, 2.05) is 0 Å². The number of hydrogen-bond acceptors (Lipinski definition) is 4. The highest BCUT2D eigenvalue weighted by atomic mass is 79.9. The van der Waals surface area contributed by atoms with Crippen LogP contribution < -0.4 is 10.3 Å². The summed E-state index contributed by atoms with van der Waals surface area (Å²) in [6, 6.07) is 16.3. The van der Waals surface area contributed by atoms with Crippen LogP contribution in [0.5, 0.6) is 5.75 Å². The van der Waals surface area contributed by atoms with E-state index in [2.05, 4.69) is 31.9 Å². The molecule has 170 valence electrons. The zero-order valence-electron chi connectivity index (χ0n) is 17.4. The number of benzene rings is 3. The molecule has 0 bridgehead atoms. The van der Waals surface area contributed by atoms with Gasteiger partial charge in [-0.15, -0.1) is 6.42 Å². The van der Waals surface area contributed by atoms with Gasteiger partial charge >= 0.3 is 6.18 Å². The van der Waals surface area contributed by atoms with E-state index in [1.54, 1.807) is 42.5 Å². The maximum absolute atomic E-state index is 13.3. The van der Waals surface area contributed by atoms with Crippen molar-refractivity contribution < 1.29 is 17.9 Å². The predicted octanol–water partition coefficient (Wildman–Crippen LogP) is 5.74. The Hall–Kier alpha value is -3.90. The average molecular weight is 526 g/mol. The topological polar surface area (TPSA) is 56.5 Å². The Morgan fingerprint density at radius 1 is 1.12 bits per heavy atom. The van der Waals surface area contributed by atoms with Crippen molar-refractivity contribution in [2.45, 2.75) is 6.18 Å². The van der Waals surface area contributed by atoms with Crippen molar-refractivity contribution in [1.29, 1.82) is 0 Å². The summed E-state index contributed by atoms with van der Waals surface area (Å²) in [5, 5.41) is 4.56. The second kappa shape index (κ2) is 9.53. The van der Waals surface area contributed by atoms with Gasteiger partial charge in [0.25, 0.3) is 5.56 Å². The van der Waals surface area contributed by atoms with Gasteiger partial charge in [-0.2, -0.15) is 22.9 Å². The van der Waals surface area contributed by atoms with Crippen molar-refractivity contribution >= 4 is 33.0 Å². The van der Waals surface area contributed by atoms with Gasteiger partial charge in [0.05, 0.1) is 27.2 Å². The van der Waals surface area contributed by atoms with E-state index < -0.39 is 17.3 Å². The lowest BCUT2D eigenvalue weighted by molar-refractivity contribution is -0.137. The minimum Gasteiger partial charge on any atom is -0.480 e. The second-order valence-corrected chi connectivity index (χ2v) is 7.93. The Morgan fingerprint density at radius 2 is 1.91 bits per heavy atom. The van der Waals surface area contributed by atoms with Gasteiger partial charge < -0.3 is 4.74 Å². The molecule has 0 amide bonds. The molecule has 4 aromatic rings. The number of hydrogen-bond donors (Lipinski definition) is 0. The minimum atomic E-state index is -4.54. The van der Waals surface area contributed by atoms with Crippen LogP contribution in [0.2, 0.25) is 0 Å². The van der Waals surface area contributed by atoms with E-state index in [0.29, 0.717) is 21.3 Å². The second-order valence-electron chi connectivity index (χ2n) is 7.08. The lowest BCUT2D eigenvalue weighted by Crippen LogP contribution is -2.20. The van der Waals surface area contributed by atoms with Crippen molar-refractivity contribution in [3.05, 3.63) is 92.7 Å². The minimum absolute atomic E-state index is 0.0147. The van der Waals surface area contributed by atoms with Gasteiger partial charge in [-0.25, -0.2) is 4.98 Å². The fraction of sp³-hybridized carbons (Fsp3) is 0.0800. The molecule has 0 saturated carbocycles. The third kappa shape index (κ3) is 4.87. The molecule has 0 atom stereocenters. The molecule has 0 fully saturated rings. The summed E-state index contributed by atoms with van der Waals surface area (Å²) >= 11 is 3.39. The van der Waals surface area contributed by atoms with Crippen molar-refractivity contribution in [2.24, 2.45) is 5.10 Å². The molecule has 0 aliphatic rings. The Balaban J connectivity index is 1.84. The van der Waals surface area contributed by atoms with E-state index in [0.717, 1.165) is 16.8 Å². The molecular weight excluding hydrogens is 511 g/mol. The highest BCUT2D eigenvalue weighted by Gasteiger charge is 2.30. The number of nitrogens with zero attached hydrogens (tertiary/aromatic N) is 3. The maximum atomic E-state index is 13.3. The predicted molar refractivity (Wildman–Crippen MR) is 128 cm³/mol. The van der Waals surface area contributed by atoms with Gasteiger partial charge in [-0.3, -0.25) is 4.79 Å². The molecule has 5 nitrogen and oxygen atoms in total. The lowest BCUT2D eigenvalue weighted by atomic mass is 10.1. The van der Waals surface area contributed by atoms with Crippen molar-refractivity contribution in [1.82, 2.24) is 9.66 Å². The van der Waals surface area contributed by atoms with Crippen LogP contribution in [0.4, 0.5) is 13.2 Å². The molecule has 0 N–H and O–H groups in total. The summed E-state index contributed by atoms with van der Waals surface area (Å²) in [6.07, 6.45) is 2.07. The van der Waals surface area contributed by atoms with Gasteiger partial charge in [0.2, 0.25) is 0 Å². The molecule has 4 rings (SSSR count). The first kappa shape index (κ1) is 23.3. The Kier molecular flexibility index (Phi) is 6.52. The molecule has 9 heteroatoms. The molecule has 1 aromatic heterocycles. The highest BCUT2D eigenvalue weighted by Crippen LogP contribution is 2.32. The summed E-state index contributed by atoms with van der Waals surface area (Å²) in [5.41, 5.74) is -0.301. The van der Waals surface area contributed by atoms with Crippen molar-refractivity contribution in [2.75, 3.05) is 6.61 Å². The molecule has 0 aliphatic heterocycles. The number of fused-ring (bicyclic) bond motifs is 1. The summed E-state index contributed by atoms with van der Waals surface area (Å²) in [7, 11) is 0. The van der Waals surface area contributed by atoms with Gasteiger partial charge in [-0.05, 0) is 64.0 Å². The number of halogens is 4. The van der Waals surface area contributed by atoms with Crippen LogP contribution in [0.25, 0.3) is 22.3 Å². The average Bonchev–Trinajstić information content (AvgIpc) is 2.82. The van der Waals surface area contributed by atoms with E-state index in [4.69, 9.17) is 11.2 Å². The first-order valence-electron chi connectivity index (χ1n) is 9.87. The molecule has 1 heterocycles. The van der Waals surface area contributed by atoms with Crippen molar-refractivity contribution in [3.63, 3.8) is 0 Å². The van der Waals surface area contributed by atoms with Crippen LogP contribution >= 0.6 is 15.9 Å². The van der Waals surface area contributed by atoms with E-state index in [-0.39, 0.29) is 23.4 Å². The number of alkyl halides is 3. The van der Waals surface area contributed by atoms with E-state index in [1.165, 1.54) is 18.3 Å². The smallest absolute Gasteiger partial charge is 0.416 e. The van der Waals surface area contributed by atoms with Crippen LogP contribution in [0, 0.1) is 12.3 Å².